The first kappa shape index (κ1) is 60.5. The number of fused-ring (bicyclic) bond motifs is 4. The van der Waals surface area contributed by atoms with E-state index in [2.05, 4.69) is 143 Å². The van der Waals surface area contributed by atoms with E-state index in [0.29, 0.717) is 88.0 Å². The molecule has 0 heterocycles. The number of likely N-dealkylation sites (N-methyl/N-ethyl adjacent to an activating group) is 4. The number of benzene rings is 8. The summed E-state index contributed by atoms with van der Waals surface area (Å²) in [5.41, 5.74) is 16.3. The SMILES string of the molecule is CN[C@@H]1Cc2ccccc2[C@@H](c2ccc(Cl)c(Cl)c2)C1.CN[C@@H]1Cc2ccccc2[C@H](c2ccc(Cl)c(Cl)c2)C1.CN[C@H]1Cc2ccccc2[C@@H](c2ccc(Cl)c(Cl)c2)C1.CN[C@H]1Cc2ccccc2[C@H](c2ccc(Cl)c(Cl)c2)C1. The minimum atomic E-state index is 0.382. The van der Waals surface area contributed by atoms with E-state index in [1.165, 1.54) is 66.8 Å². The smallest absolute Gasteiger partial charge is 0.0595 e. The van der Waals surface area contributed by atoms with Gasteiger partial charge in [-0.15, -0.1) is 0 Å². The number of hydrogen-bond acceptors (Lipinski definition) is 4. The van der Waals surface area contributed by atoms with Crippen LogP contribution >= 0.6 is 92.8 Å². The van der Waals surface area contributed by atoms with Crippen LogP contribution in [0.15, 0.2) is 170 Å². The molecule has 12 heteroatoms. The molecule has 0 unspecified atom stereocenters. The van der Waals surface area contributed by atoms with Crippen molar-refractivity contribution in [3.05, 3.63) is 277 Å². The Balaban J connectivity index is 0.000000129. The van der Waals surface area contributed by atoms with Crippen molar-refractivity contribution in [3.8, 4) is 0 Å². The Hall–Kier alpha value is -4.08. The third-order valence-corrected chi connectivity index (χ3v) is 19.6. The largest absolute Gasteiger partial charge is 0.317 e. The van der Waals surface area contributed by atoms with Gasteiger partial charge < -0.3 is 21.3 Å². The topological polar surface area (TPSA) is 48.1 Å². The normalized spacial score (nSPS) is 21.6. The Morgan fingerprint density at radius 3 is 0.650 bits per heavy atom. The van der Waals surface area contributed by atoms with Gasteiger partial charge in [0.25, 0.3) is 0 Å². The van der Waals surface area contributed by atoms with Crippen LogP contribution in [-0.2, 0) is 25.7 Å². The van der Waals surface area contributed by atoms with Crippen molar-refractivity contribution in [2.75, 3.05) is 28.2 Å². The average molecular weight is 1220 g/mol. The summed E-state index contributed by atoms with van der Waals surface area (Å²) in [5.74, 6) is 1.53. The molecule has 416 valence electrons. The molecule has 4 aliphatic rings. The minimum Gasteiger partial charge on any atom is -0.317 e. The lowest BCUT2D eigenvalue weighted by molar-refractivity contribution is 0.465. The standard InChI is InChI=1S/4C17H17Cl2N/c4*1-20-13-8-11-4-2-3-5-14(11)15(10-13)12-6-7-16(18)17(19)9-12/h4*2-7,9,13,15,20H,8,10H2,1H3/t2*13-,15+;2*13-,15-/m1010/s1. The molecule has 8 atom stereocenters. The van der Waals surface area contributed by atoms with Crippen LogP contribution in [0.3, 0.4) is 0 Å². The highest BCUT2D eigenvalue weighted by molar-refractivity contribution is 6.43. The number of rotatable bonds is 8. The van der Waals surface area contributed by atoms with Crippen LogP contribution in [-0.4, -0.2) is 52.4 Å². The van der Waals surface area contributed by atoms with Crippen LogP contribution in [0.25, 0.3) is 0 Å². The molecule has 12 rings (SSSR count). The zero-order chi connectivity index (χ0) is 56.5. The van der Waals surface area contributed by atoms with Crippen LogP contribution in [0.2, 0.25) is 40.2 Å². The van der Waals surface area contributed by atoms with Crippen LogP contribution in [0, 0.1) is 0 Å². The third kappa shape index (κ3) is 14.6. The lowest BCUT2D eigenvalue weighted by Gasteiger charge is -2.32. The summed E-state index contributed by atoms with van der Waals surface area (Å²) in [6.07, 6.45) is 8.71. The molecule has 8 aromatic rings. The van der Waals surface area contributed by atoms with Crippen LogP contribution < -0.4 is 21.3 Å². The van der Waals surface area contributed by atoms with Crippen molar-refractivity contribution < 1.29 is 0 Å². The first-order valence-electron chi connectivity index (χ1n) is 27.6. The maximum absolute atomic E-state index is 6.18. The fourth-order valence-corrected chi connectivity index (χ4v) is 13.6. The van der Waals surface area contributed by atoms with Gasteiger partial charge in [0.2, 0.25) is 0 Å². The molecule has 4 nitrogen and oxygen atoms in total. The Bertz CT molecular complexity index is 2940. The zero-order valence-corrected chi connectivity index (χ0v) is 51.5. The molecule has 0 bridgehead atoms. The maximum Gasteiger partial charge on any atom is 0.0595 e. The highest BCUT2D eigenvalue weighted by atomic mass is 35.5. The van der Waals surface area contributed by atoms with E-state index < -0.39 is 0 Å². The Morgan fingerprint density at radius 2 is 0.463 bits per heavy atom. The summed E-state index contributed by atoms with van der Waals surface area (Å²) in [6.45, 7) is 0. The molecule has 80 heavy (non-hydrogen) atoms. The Labute approximate surface area is 514 Å². The molecule has 4 aliphatic carbocycles. The lowest BCUT2D eigenvalue weighted by Crippen LogP contribution is -2.33. The summed E-state index contributed by atoms with van der Waals surface area (Å²) >= 11 is 48.9. The monoisotopic (exact) mass is 1220 g/mol. The van der Waals surface area contributed by atoms with Gasteiger partial charge in [0, 0.05) is 47.8 Å². The Morgan fingerprint density at radius 1 is 0.263 bits per heavy atom. The van der Waals surface area contributed by atoms with Gasteiger partial charge in [0.1, 0.15) is 0 Å². The molecular weight excluding hydrogens is 1160 g/mol. The molecule has 0 spiro atoms. The number of nitrogens with one attached hydrogen (secondary N) is 4. The quantitative estimate of drug-likeness (QED) is 0.122. The molecule has 0 aromatic heterocycles. The lowest BCUT2D eigenvalue weighted by atomic mass is 9.77. The van der Waals surface area contributed by atoms with Crippen molar-refractivity contribution in [1.82, 2.24) is 21.3 Å². The van der Waals surface area contributed by atoms with E-state index in [1.807, 2.05) is 76.7 Å². The van der Waals surface area contributed by atoms with Gasteiger partial charge >= 0.3 is 0 Å². The highest BCUT2D eigenvalue weighted by Crippen LogP contribution is 2.43. The molecule has 0 amide bonds. The van der Waals surface area contributed by atoms with E-state index in [9.17, 15) is 0 Å². The summed E-state index contributed by atoms with van der Waals surface area (Å²) in [7, 11) is 8.13. The summed E-state index contributed by atoms with van der Waals surface area (Å²) in [6, 6.07) is 60.7. The molecular formula is C68H68Cl8N4. The van der Waals surface area contributed by atoms with Crippen LogP contribution in [0.1, 0.15) is 116 Å². The van der Waals surface area contributed by atoms with Crippen LogP contribution in [0.4, 0.5) is 0 Å². The van der Waals surface area contributed by atoms with Crippen molar-refractivity contribution in [3.63, 3.8) is 0 Å². The summed E-state index contributed by atoms with van der Waals surface area (Å²) < 4.78 is 0. The Kier molecular flexibility index (Phi) is 21.5. The van der Waals surface area contributed by atoms with E-state index in [4.69, 9.17) is 92.8 Å². The molecule has 0 saturated carbocycles. The second kappa shape index (κ2) is 28.5. The summed E-state index contributed by atoms with van der Waals surface area (Å²) in [5, 5.41) is 18.6. The van der Waals surface area contributed by atoms with Gasteiger partial charge in [0.05, 0.1) is 40.2 Å². The highest BCUT2D eigenvalue weighted by Gasteiger charge is 2.31. The predicted octanol–water partition coefficient (Wildman–Crippen LogP) is 18.6. The van der Waals surface area contributed by atoms with E-state index in [0.717, 1.165) is 51.4 Å². The van der Waals surface area contributed by atoms with Crippen LogP contribution in [0.5, 0.6) is 0 Å². The average Bonchev–Trinajstić information content (AvgIpc) is 3.54. The number of halogens is 8. The fraction of sp³-hybridized carbons (Fsp3) is 0.294. The number of hydrogen-bond donors (Lipinski definition) is 4. The first-order valence-corrected chi connectivity index (χ1v) is 30.6. The van der Waals surface area contributed by atoms with Crippen molar-refractivity contribution in [1.29, 1.82) is 0 Å². The molecule has 0 saturated heterocycles. The molecule has 0 aliphatic heterocycles. The fourth-order valence-electron chi connectivity index (χ4n) is 12.3. The third-order valence-electron chi connectivity index (χ3n) is 16.7. The van der Waals surface area contributed by atoms with Gasteiger partial charge in [-0.2, -0.15) is 0 Å². The van der Waals surface area contributed by atoms with Crippen molar-refractivity contribution in [2.45, 2.75) is 99.2 Å². The molecule has 0 fully saturated rings. The second-order valence-electron chi connectivity index (χ2n) is 21.4. The van der Waals surface area contributed by atoms with E-state index >= 15 is 0 Å². The minimum absolute atomic E-state index is 0.382. The predicted molar refractivity (Wildman–Crippen MR) is 344 cm³/mol. The van der Waals surface area contributed by atoms with E-state index in [1.54, 1.807) is 0 Å². The van der Waals surface area contributed by atoms with Gasteiger partial charge in [0.15, 0.2) is 0 Å². The zero-order valence-electron chi connectivity index (χ0n) is 45.5. The molecule has 4 N–H and O–H groups in total. The molecule has 0 radical (unpaired) electrons. The van der Waals surface area contributed by atoms with Gasteiger partial charge in [-0.25, -0.2) is 0 Å². The summed E-state index contributed by atoms with van der Waals surface area (Å²) in [4.78, 5) is 0. The van der Waals surface area contributed by atoms with Gasteiger partial charge in [-0.1, -0.05) is 214 Å². The van der Waals surface area contributed by atoms with Gasteiger partial charge in [-0.05, 0) is 195 Å². The maximum atomic E-state index is 6.18. The van der Waals surface area contributed by atoms with E-state index in [-0.39, 0.29) is 0 Å². The second-order valence-corrected chi connectivity index (χ2v) is 24.7. The van der Waals surface area contributed by atoms with Crippen molar-refractivity contribution >= 4 is 92.8 Å². The molecule has 8 aromatic carbocycles. The van der Waals surface area contributed by atoms with Crippen molar-refractivity contribution in [2.24, 2.45) is 0 Å². The van der Waals surface area contributed by atoms with Gasteiger partial charge in [-0.3, -0.25) is 0 Å². The first-order chi connectivity index (χ1) is 38.7.